The van der Waals surface area contributed by atoms with Crippen LogP contribution < -0.4 is 10.2 Å². The quantitative estimate of drug-likeness (QED) is 0.868. The van der Waals surface area contributed by atoms with Crippen LogP contribution in [-0.2, 0) is 11.2 Å². The molecule has 1 aromatic carbocycles. The Kier molecular flexibility index (Phi) is 5.60. The normalized spacial score (nSPS) is 17.8. The van der Waals surface area contributed by atoms with Gasteiger partial charge in [0.2, 0.25) is 0 Å². The number of amides is 1. The fourth-order valence-electron chi connectivity index (χ4n) is 3.55. The lowest BCUT2D eigenvalue weighted by Gasteiger charge is -2.30. The molecule has 2 aromatic rings. The molecule has 0 atom stereocenters. The number of morpholine rings is 1. The van der Waals surface area contributed by atoms with Crippen LogP contribution in [0.25, 0.3) is 0 Å². The van der Waals surface area contributed by atoms with Crippen molar-refractivity contribution in [3.8, 4) is 0 Å². The first kappa shape index (κ1) is 17.9. The number of anilines is 1. The lowest BCUT2D eigenvalue weighted by atomic mass is 10.0. The summed E-state index contributed by atoms with van der Waals surface area (Å²) >= 11 is 0. The number of rotatable bonds is 4. The Morgan fingerprint density at radius 3 is 2.52 bits per heavy atom. The van der Waals surface area contributed by atoms with Gasteiger partial charge in [0.1, 0.15) is 0 Å². The van der Waals surface area contributed by atoms with Crippen molar-refractivity contribution in [3.05, 3.63) is 53.2 Å². The summed E-state index contributed by atoms with van der Waals surface area (Å²) < 4.78 is 5.46. The molecule has 0 bridgehead atoms. The lowest BCUT2D eigenvalue weighted by Crippen LogP contribution is -2.46. The summed E-state index contributed by atoms with van der Waals surface area (Å²) in [7, 11) is 0. The van der Waals surface area contributed by atoms with Crippen molar-refractivity contribution in [2.45, 2.75) is 6.42 Å². The zero-order valence-corrected chi connectivity index (χ0v) is 15.4. The molecule has 1 N–H and O–H groups in total. The van der Waals surface area contributed by atoms with Crippen molar-refractivity contribution in [1.29, 1.82) is 0 Å². The van der Waals surface area contributed by atoms with Crippen LogP contribution in [0.2, 0.25) is 0 Å². The van der Waals surface area contributed by atoms with E-state index in [0.29, 0.717) is 32.0 Å². The van der Waals surface area contributed by atoms with Gasteiger partial charge in [0, 0.05) is 51.3 Å². The molecule has 2 aliphatic rings. The van der Waals surface area contributed by atoms with E-state index in [1.54, 1.807) is 0 Å². The molecule has 142 valence electrons. The molecular formula is C20H25N5O2. The van der Waals surface area contributed by atoms with Gasteiger partial charge in [0.25, 0.3) is 5.91 Å². The summed E-state index contributed by atoms with van der Waals surface area (Å²) in [5.41, 5.74) is 2.66. The molecule has 1 aromatic heterocycles. The van der Waals surface area contributed by atoms with Crippen LogP contribution >= 0.6 is 0 Å². The average Bonchev–Trinajstić information content (AvgIpc) is 2.75. The minimum Gasteiger partial charge on any atom is -0.378 e. The second kappa shape index (κ2) is 8.45. The average molecular weight is 367 g/mol. The number of nitrogens with one attached hydrogen (secondary N) is 1. The van der Waals surface area contributed by atoms with E-state index < -0.39 is 0 Å². The summed E-state index contributed by atoms with van der Waals surface area (Å²) in [6.07, 6.45) is 0.727. The van der Waals surface area contributed by atoms with Crippen molar-refractivity contribution in [3.63, 3.8) is 0 Å². The first-order valence-electron chi connectivity index (χ1n) is 9.54. The molecule has 7 heteroatoms. The SMILES string of the molecule is O=C(c1cc(Cc2ccccc2)c(N2CCOCC2)nn1)N1CCNCC1. The van der Waals surface area contributed by atoms with Gasteiger partial charge in [-0.15, -0.1) is 10.2 Å². The fourth-order valence-corrected chi connectivity index (χ4v) is 3.55. The highest BCUT2D eigenvalue weighted by Crippen LogP contribution is 2.22. The van der Waals surface area contributed by atoms with Gasteiger partial charge in [-0.1, -0.05) is 30.3 Å². The molecule has 4 rings (SSSR count). The van der Waals surface area contributed by atoms with E-state index in [1.165, 1.54) is 5.56 Å². The molecule has 0 saturated carbocycles. The zero-order chi connectivity index (χ0) is 18.5. The molecule has 7 nitrogen and oxygen atoms in total. The number of aromatic nitrogens is 2. The second-order valence-corrected chi connectivity index (χ2v) is 6.88. The van der Waals surface area contributed by atoms with Gasteiger partial charge in [-0.25, -0.2) is 0 Å². The van der Waals surface area contributed by atoms with Crippen molar-refractivity contribution in [1.82, 2.24) is 20.4 Å². The van der Waals surface area contributed by atoms with Gasteiger partial charge in [0.05, 0.1) is 13.2 Å². The molecule has 2 saturated heterocycles. The maximum atomic E-state index is 12.9. The van der Waals surface area contributed by atoms with Crippen LogP contribution in [0.1, 0.15) is 21.6 Å². The minimum atomic E-state index is -0.0353. The van der Waals surface area contributed by atoms with E-state index in [2.05, 4.69) is 32.5 Å². The Bertz CT molecular complexity index is 771. The molecule has 2 aliphatic heterocycles. The van der Waals surface area contributed by atoms with Crippen LogP contribution in [0.15, 0.2) is 36.4 Å². The Labute approximate surface area is 159 Å². The number of carbonyl (C=O) groups is 1. The van der Waals surface area contributed by atoms with E-state index >= 15 is 0 Å². The number of hydrogen-bond donors (Lipinski definition) is 1. The maximum absolute atomic E-state index is 12.9. The minimum absolute atomic E-state index is 0.0353. The molecule has 1 amide bonds. The van der Waals surface area contributed by atoms with Crippen LogP contribution in [0.4, 0.5) is 5.82 Å². The Morgan fingerprint density at radius 2 is 1.78 bits per heavy atom. The van der Waals surface area contributed by atoms with Gasteiger partial charge >= 0.3 is 0 Å². The van der Waals surface area contributed by atoms with E-state index in [-0.39, 0.29) is 5.91 Å². The first-order chi connectivity index (χ1) is 13.3. The van der Waals surface area contributed by atoms with Crippen molar-refractivity contribution >= 4 is 11.7 Å². The smallest absolute Gasteiger partial charge is 0.274 e. The van der Waals surface area contributed by atoms with Crippen molar-refractivity contribution < 1.29 is 9.53 Å². The summed E-state index contributed by atoms with van der Waals surface area (Å²) in [6, 6.07) is 12.2. The molecule has 0 spiro atoms. The third-order valence-electron chi connectivity index (χ3n) is 5.02. The van der Waals surface area contributed by atoms with E-state index in [0.717, 1.165) is 44.0 Å². The van der Waals surface area contributed by atoms with Crippen LogP contribution in [-0.4, -0.2) is 73.5 Å². The molecule has 0 radical (unpaired) electrons. The second-order valence-electron chi connectivity index (χ2n) is 6.88. The largest absolute Gasteiger partial charge is 0.378 e. The Morgan fingerprint density at radius 1 is 1.04 bits per heavy atom. The summed E-state index contributed by atoms with van der Waals surface area (Å²) in [6.45, 7) is 6.02. The predicted octanol–water partition coefficient (Wildman–Crippen LogP) is 0.949. The molecule has 27 heavy (non-hydrogen) atoms. The molecule has 2 fully saturated rings. The van der Waals surface area contributed by atoms with Crippen LogP contribution in [0, 0.1) is 0 Å². The number of nitrogens with zero attached hydrogens (tertiary/aromatic N) is 4. The first-order valence-corrected chi connectivity index (χ1v) is 9.54. The molecule has 0 aliphatic carbocycles. The van der Waals surface area contributed by atoms with Crippen LogP contribution in [0.5, 0.6) is 0 Å². The van der Waals surface area contributed by atoms with Crippen molar-refractivity contribution in [2.75, 3.05) is 57.4 Å². The number of ether oxygens (including phenoxy) is 1. The topological polar surface area (TPSA) is 70.6 Å². The molecule has 0 unspecified atom stereocenters. The highest BCUT2D eigenvalue weighted by Gasteiger charge is 2.23. The van der Waals surface area contributed by atoms with Gasteiger partial charge in [-0.2, -0.15) is 0 Å². The van der Waals surface area contributed by atoms with Crippen LogP contribution in [0.3, 0.4) is 0 Å². The fraction of sp³-hybridized carbons (Fsp3) is 0.450. The highest BCUT2D eigenvalue weighted by molar-refractivity contribution is 5.92. The number of carbonyl (C=O) groups excluding carboxylic acids is 1. The Hall–Kier alpha value is -2.51. The molecule has 3 heterocycles. The summed E-state index contributed by atoms with van der Waals surface area (Å²) in [5, 5.41) is 12.0. The third-order valence-corrected chi connectivity index (χ3v) is 5.02. The predicted molar refractivity (Wildman–Crippen MR) is 103 cm³/mol. The van der Waals surface area contributed by atoms with Gasteiger partial charge in [-0.3, -0.25) is 4.79 Å². The monoisotopic (exact) mass is 367 g/mol. The van der Waals surface area contributed by atoms with Gasteiger partial charge in [-0.05, 0) is 11.6 Å². The van der Waals surface area contributed by atoms with E-state index in [4.69, 9.17) is 4.74 Å². The van der Waals surface area contributed by atoms with Gasteiger partial charge < -0.3 is 19.9 Å². The number of hydrogen-bond acceptors (Lipinski definition) is 6. The summed E-state index contributed by atoms with van der Waals surface area (Å²) in [4.78, 5) is 16.9. The lowest BCUT2D eigenvalue weighted by molar-refractivity contribution is 0.0728. The maximum Gasteiger partial charge on any atom is 0.274 e. The van der Waals surface area contributed by atoms with Gasteiger partial charge in [0.15, 0.2) is 11.5 Å². The third kappa shape index (κ3) is 4.26. The van der Waals surface area contributed by atoms with Crippen molar-refractivity contribution in [2.24, 2.45) is 0 Å². The van der Waals surface area contributed by atoms with E-state index in [9.17, 15) is 4.79 Å². The van der Waals surface area contributed by atoms with E-state index in [1.807, 2.05) is 29.2 Å². The standard InChI is InChI=1S/C20H25N5O2/c26-20(25-8-6-21-7-9-25)18-15-17(14-16-4-2-1-3-5-16)19(23-22-18)24-10-12-27-13-11-24/h1-5,15,21H,6-14H2. The number of benzene rings is 1. The number of piperazine rings is 1. The zero-order valence-electron chi connectivity index (χ0n) is 15.4. The highest BCUT2D eigenvalue weighted by atomic mass is 16.5. The Balaban J connectivity index is 1.63. The summed E-state index contributed by atoms with van der Waals surface area (Å²) in [5.74, 6) is 0.825. The molecular weight excluding hydrogens is 342 g/mol.